The summed E-state index contributed by atoms with van der Waals surface area (Å²) in [5, 5.41) is 0.742. The molecule has 5 rings (SSSR count). The van der Waals surface area contributed by atoms with Gasteiger partial charge in [0.25, 0.3) is 5.91 Å². The van der Waals surface area contributed by atoms with Crippen LogP contribution in [-0.4, -0.2) is 28.9 Å². The van der Waals surface area contributed by atoms with Gasteiger partial charge < -0.3 is 13.7 Å². The van der Waals surface area contributed by atoms with E-state index in [9.17, 15) is 9.59 Å². The zero-order chi connectivity index (χ0) is 19.1. The molecule has 1 saturated heterocycles. The molecule has 1 amide bonds. The average Bonchev–Trinajstić information content (AvgIpc) is 3.17. The van der Waals surface area contributed by atoms with Crippen LogP contribution < -0.4 is 5.63 Å². The maximum atomic E-state index is 12.9. The number of carbonyl (C=O) groups is 1. The fraction of sp³-hybridized carbons (Fsp3) is 0.227. The number of likely N-dealkylation sites (tertiary alicyclic amines) is 1. The van der Waals surface area contributed by atoms with E-state index in [4.69, 9.17) is 8.83 Å². The van der Waals surface area contributed by atoms with Crippen molar-refractivity contribution in [3.05, 3.63) is 76.5 Å². The molecular formula is C22H18N2O4. The van der Waals surface area contributed by atoms with Crippen molar-refractivity contribution < 1.29 is 13.6 Å². The number of amides is 1. The van der Waals surface area contributed by atoms with Gasteiger partial charge in [0, 0.05) is 24.4 Å². The van der Waals surface area contributed by atoms with Crippen LogP contribution in [0.5, 0.6) is 0 Å². The fourth-order valence-electron chi connectivity index (χ4n) is 3.78. The zero-order valence-electron chi connectivity index (χ0n) is 15.1. The predicted octanol–water partition coefficient (Wildman–Crippen LogP) is 3.95. The van der Waals surface area contributed by atoms with Gasteiger partial charge in [-0.15, -0.1) is 0 Å². The van der Waals surface area contributed by atoms with Crippen molar-refractivity contribution in [3.63, 3.8) is 0 Å². The molecule has 6 nitrogen and oxygen atoms in total. The molecule has 0 bridgehead atoms. The van der Waals surface area contributed by atoms with Crippen LogP contribution in [-0.2, 0) is 0 Å². The molecular weight excluding hydrogens is 356 g/mol. The lowest BCUT2D eigenvalue weighted by Gasteiger charge is -2.30. The van der Waals surface area contributed by atoms with E-state index in [0.29, 0.717) is 18.7 Å². The maximum Gasteiger partial charge on any atom is 0.349 e. The minimum atomic E-state index is -0.593. The van der Waals surface area contributed by atoms with Crippen LogP contribution in [0.4, 0.5) is 0 Å². The quantitative estimate of drug-likeness (QED) is 0.497. The molecule has 0 atom stereocenters. The lowest BCUT2D eigenvalue weighted by atomic mass is 9.96. The van der Waals surface area contributed by atoms with Gasteiger partial charge in [-0.1, -0.05) is 30.3 Å². The predicted molar refractivity (Wildman–Crippen MR) is 104 cm³/mol. The second kappa shape index (κ2) is 6.64. The summed E-state index contributed by atoms with van der Waals surface area (Å²) >= 11 is 0. The maximum absolute atomic E-state index is 12.9. The Hall–Kier alpha value is -3.41. The summed E-state index contributed by atoms with van der Waals surface area (Å²) in [4.78, 5) is 31.4. The number of benzene rings is 2. The summed E-state index contributed by atoms with van der Waals surface area (Å²) < 4.78 is 11.2. The fourth-order valence-corrected chi connectivity index (χ4v) is 3.78. The van der Waals surface area contributed by atoms with E-state index >= 15 is 0 Å². The minimum Gasteiger partial charge on any atom is -0.440 e. The standard InChI is InChI=1S/C22H18N2O4/c25-21(16-13-15-5-1-3-7-18(15)28-22(16)26)24-11-9-14(10-12-24)20-23-17-6-2-4-8-19(17)27-20/h1-8,13-14H,9-12H2. The summed E-state index contributed by atoms with van der Waals surface area (Å²) in [6.45, 7) is 1.10. The van der Waals surface area contributed by atoms with Gasteiger partial charge in [-0.25, -0.2) is 9.78 Å². The van der Waals surface area contributed by atoms with E-state index in [0.717, 1.165) is 35.2 Å². The van der Waals surface area contributed by atoms with Gasteiger partial charge in [0.1, 0.15) is 16.7 Å². The second-order valence-corrected chi connectivity index (χ2v) is 7.07. The van der Waals surface area contributed by atoms with E-state index in [1.54, 1.807) is 23.1 Å². The highest BCUT2D eigenvalue weighted by Crippen LogP contribution is 2.30. The van der Waals surface area contributed by atoms with Gasteiger partial charge in [0.2, 0.25) is 0 Å². The molecule has 0 aliphatic carbocycles. The zero-order valence-corrected chi connectivity index (χ0v) is 15.1. The molecule has 6 heteroatoms. The van der Waals surface area contributed by atoms with Crippen molar-refractivity contribution in [1.29, 1.82) is 0 Å². The Kier molecular flexibility index (Phi) is 3.97. The van der Waals surface area contributed by atoms with Crippen LogP contribution in [0.25, 0.3) is 22.1 Å². The summed E-state index contributed by atoms with van der Waals surface area (Å²) in [7, 11) is 0. The second-order valence-electron chi connectivity index (χ2n) is 7.07. The van der Waals surface area contributed by atoms with E-state index in [1.807, 2.05) is 36.4 Å². The largest absolute Gasteiger partial charge is 0.440 e. The molecule has 4 aromatic rings. The minimum absolute atomic E-state index is 0.0824. The summed E-state index contributed by atoms with van der Waals surface area (Å²) in [5.41, 5.74) is 1.61. The Morgan fingerprint density at radius 3 is 2.46 bits per heavy atom. The number of rotatable bonds is 2. The topological polar surface area (TPSA) is 76.6 Å². The first kappa shape index (κ1) is 16.7. The molecule has 1 aliphatic rings. The summed E-state index contributed by atoms with van der Waals surface area (Å²) in [5.74, 6) is 0.610. The molecule has 3 heterocycles. The first-order valence-corrected chi connectivity index (χ1v) is 9.37. The van der Waals surface area contributed by atoms with Crippen molar-refractivity contribution >= 4 is 28.0 Å². The Bertz CT molecular complexity index is 1200. The number of para-hydroxylation sites is 3. The van der Waals surface area contributed by atoms with Crippen LogP contribution >= 0.6 is 0 Å². The number of carbonyl (C=O) groups excluding carboxylic acids is 1. The van der Waals surface area contributed by atoms with Gasteiger partial charge in [0.05, 0.1) is 0 Å². The smallest absolute Gasteiger partial charge is 0.349 e. The first-order valence-electron chi connectivity index (χ1n) is 9.37. The highest BCUT2D eigenvalue weighted by molar-refractivity contribution is 5.96. The van der Waals surface area contributed by atoms with Crippen molar-refractivity contribution in [2.24, 2.45) is 0 Å². The molecule has 1 fully saturated rings. The number of oxazole rings is 1. The van der Waals surface area contributed by atoms with E-state index in [1.165, 1.54) is 0 Å². The molecule has 0 radical (unpaired) electrons. The Morgan fingerprint density at radius 2 is 1.68 bits per heavy atom. The molecule has 0 saturated carbocycles. The Labute approximate surface area is 160 Å². The van der Waals surface area contributed by atoms with Crippen molar-refractivity contribution in [2.75, 3.05) is 13.1 Å². The number of fused-ring (bicyclic) bond motifs is 2. The van der Waals surface area contributed by atoms with Crippen LogP contribution in [0, 0.1) is 0 Å². The molecule has 2 aromatic heterocycles. The van der Waals surface area contributed by atoms with Crippen LogP contribution in [0.15, 0.2) is 68.2 Å². The molecule has 140 valence electrons. The monoisotopic (exact) mass is 374 g/mol. The molecule has 28 heavy (non-hydrogen) atoms. The molecule has 2 aromatic carbocycles. The first-order chi connectivity index (χ1) is 13.7. The number of hydrogen-bond donors (Lipinski definition) is 0. The molecule has 0 unspecified atom stereocenters. The average molecular weight is 374 g/mol. The van der Waals surface area contributed by atoms with E-state index < -0.39 is 5.63 Å². The van der Waals surface area contributed by atoms with Crippen molar-refractivity contribution in [3.8, 4) is 0 Å². The third-order valence-corrected chi connectivity index (χ3v) is 5.31. The van der Waals surface area contributed by atoms with Gasteiger partial charge in [0.15, 0.2) is 11.5 Å². The SMILES string of the molecule is O=C(c1cc2ccccc2oc1=O)N1CCC(c2nc3ccccc3o2)CC1. The van der Waals surface area contributed by atoms with Crippen molar-refractivity contribution in [1.82, 2.24) is 9.88 Å². The third-order valence-electron chi connectivity index (χ3n) is 5.31. The molecule has 1 aliphatic heterocycles. The number of aromatic nitrogens is 1. The molecule has 0 N–H and O–H groups in total. The van der Waals surface area contributed by atoms with Crippen LogP contribution in [0.3, 0.4) is 0 Å². The van der Waals surface area contributed by atoms with Gasteiger partial charge in [-0.3, -0.25) is 4.79 Å². The van der Waals surface area contributed by atoms with E-state index in [2.05, 4.69) is 4.98 Å². The van der Waals surface area contributed by atoms with Crippen LogP contribution in [0.2, 0.25) is 0 Å². The summed E-state index contributed by atoms with van der Waals surface area (Å²) in [6.07, 6.45) is 1.49. The number of hydrogen-bond acceptors (Lipinski definition) is 5. The lowest BCUT2D eigenvalue weighted by molar-refractivity contribution is 0.0702. The Balaban J connectivity index is 1.34. The van der Waals surface area contributed by atoms with Gasteiger partial charge in [-0.2, -0.15) is 0 Å². The van der Waals surface area contributed by atoms with Gasteiger partial charge >= 0.3 is 5.63 Å². The normalized spacial score (nSPS) is 15.4. The third kappa shape index (κ3) is 2.87. The summed E-state index contributed by atoms with van der Waals surface area (Å²) in [6, 6.07) is 16.5. The Morgan fingerprint density at radius 1 is 0.964 bits per heavy atom. The lowest BCUT2D eigenvalue weighted by Crippen LogP contribution is -2.39. The highest BCUT2D eigenvalue weighted by atomic mass is 16.4. The highest BCUT2D eigenvalue weighted by Gasteiger charge is 2.29. The number of piperidine rings is 1. The van der Waals surface area contributed by atoms with Crippen LogP contribution in [0.1, 0.15) is 35.0 Å². The molecule has 0 spiro atoms. The van der Waals surface area contributed by atoms with Crippen molar-refractivity contribution in [2.45, 2.75) is 18.8 Å². The number of nitrogens with zero attached hydrogens (tertiary/aromatic N) is 2. The van der Waals surface area contributed by atoms with Gasteiger partial charge in [-0.05, 0) is 37.1 Å². The van der Waals surface area contributed by atoms with E-state index in [-0.39, 0.29) is 17.4 Å².